The minimum absolute atomic E-state index is 0.0103. The molecule has 1 aromatic carbocycles. The minimum atomic E-state index is -4.42. The van der Waals surface area contributed by atoms with E-state index in [-0.39, 0.29) is 30.1 Å². The number of phenolic OH excluding ortho intramolecular Hbond substituents is 1. The molecule has 2 heterocycles. The third-order valence-corrected chi connectivity index (χ3v) is 8.44. The fraction of sp³-hybridized carbons (Fsp3) is 0.667. The van der Waals surface area contributed by atoms with Crippen molar-refractivity contribution in [3.05, 3.63) is 17.4 Å². The van der Waals surface area contributed by atoms with Crippen LogP contribution in [0.1, 0.15) is 72.8 Å². The van der Waals surface area contributed by atoms with Crippen molar-refractivity contribution in [3.8, 4) is 5.75 Å². The lowest BCUT2D eigenvalue weighted by Gasteiger charge is -2.34. The lowest BCUT2D eigenvalue weighted by Crippen LogP contribution is -2.50. The van der Waals surface area contributed by atoms with Crippen LogP contribution in [-0.4, -0.2) is 73.4 Å². The second-order valence-corrected chi connectivity index (χ2v) is 14.4. The van der Waals surface area contributed by atoms with Crippen molar-refractivity contribution in [2.75, 3.05) is 28.8 Å². The standard InChI is InChI=1S/C27H39FN4O8S/c1-26(2,3)39-24(35)30(13-16-9-7-8-10-16)14-17-11-18-19(32(17)25(36)40-27(4,5)6)12-20(33)23(22(18)28)31-15-21(34)29-41(31,37)38/h12,16-17,33H,7-11,13-15H2,1-6H3,(H,29,34)/t17-/m1/s1. The van der Waals surface area contributed by atoms with Crippen molar-refractivity contribution in [2.24, 2.45) is 5.92 Å². The molecule has 0 aromatic heterocycles. The summed E-state index contributed by atoms with van der Waals surface area (Å²) in [6.45, 7) is 9.95. The summed E-state index contributed by atoms with van der Waals surface area (Å²) in [5.41, 5.74) is -2.43. The average molecular weight is 599 g/mol. The number of ether oxygens (including phenoxy) is 2. The van der Waals surface area contributed by atoms with E-state index in [1.165, 1.54) is 9.80 Å². The number of halogens is 1. The fourth-order valence-electron chi connectivity index (χ4n) is 5.48. The molecule has 0 unspecified atom stereocenters. The van der Waals surface area contributed by atoms with Gasteiger partial charge in [0.15, 0.2) is 5.82 Å². The van der Waals surface area contributed by atoms with Crippen molar-refractivity contribution in [2.45, 2.75) is 90.9 Å². The summed E-state index contributed by atoms with van der Waals surface area (Å²) in [7, 11) is -4.42. The Morgan fingerprint density at radius 1 is 1.10 bits per heavy atom. The van der Waals surface area contributed by atoms with Gasteiger partial charge in [0.2, 0.25) is 0 Å². The van der Waals surface area contributed by atoms with E-state index in [1.807, 2.05) is 0 Å². The fourth-order valence-corrected chi connectivity index (χ4v) is 6.65. The second-order valence-electron chi connectivity index (χ2n) is 12.8. The quantitative estimate of drug-likeness (QED) is 0.521. The van der Waals surface area contributed by atoms with Crippen LogP contribution in [0.4, 0.5) is 25.4 Å². The van der Waals surface area contributed by atoms with Crippen molar-refractivity contribution < 1.29 is 41.8 Å². The van der Waals surface area contributed by atoms with E-state index in [0.29, 0.717) is 10.8 Å². The van der Waals surface area contributed by atoms with Gasteiger partial charge < -0.3 is 19.5 Å². The van der Waals surface area contributed by atoms with Gasteiger partial charge in [0, 0.05) is 31.1 Å². The van der Waals surface area contributed by atoms with E-state index in [9.17, 15) is 27.9 Å². The van der Waals surface area contributed by atoms with Gasteiger partial charge in [-0.2, -0.15) is 8.42 Å². The molecule has 12 nitrogen and oxygen atoms in total. The maximum absolute atomic E-state index is 16.1. The highest BCUT2D eigenvalue weighted by Gasteiger charge is 2.44. The Bertz CT molecular complexity index is 1330. The van der Waals surface area contributed by atoms with Crippen LogP contribution < -0.4 is 13.9 Å². The Morgan fingerprint density at radius 3 is 2.24 bits per heavy atom. The number of nitrogens with one attached hydrogen (secondary N) is 1. The van der Waals surface area contributed by atoms with Crippen LogP contribution in [0.2, 0.25) is 0 Å². The Labute approximate surface area is 239 Å². The Hall–Kier alpha value is -3.29. The second kappa shape index (κ2) is 10.8. The molecule has 41 heavy (non-hydrogen) atoms. The summed E-state index contributed by atoms with van der Waals surface area (Å²) >= 11 is 0. The summed E-state index contributed by atoms with van der Waals surface area (Å²) in [6.07, 6.45) is 2.51. The van der Waals surface area contributed by atoms with Gasteiger partial charge in [-0.15, -0.1) is 0 Å². The molecule has 1 aliphatic carbocycles. The molecule has 2 N–H and O–H groups in total. The van der Waals surface area contributed by atoms with Crippen LogP contribution >= 0.6 is 0 Å². The van der Waals surface area contributed by atoms with Gasteiger partial charge in [-0.3, -0.25) is 9.69 Å². The number of fused-ring (bicyclic) bond motifs is 1. The highest BCUT2D eigenvalue weighted by Crippen LogP contribution is 2.45. The summed E-state index contributed by atoms with van der Waals surface area (Å²) < 4.78 is 54.4. The number of hydrogen-bond donors (Lipinski definition) is 2. The van der Waals surface area contributed by atoms with E-state index < -0.39 is 69.3 Å². The lowest BCUT2D eigenvalue weighted by atomic mass is 10.1. The topological polar surface area (TPSA) is 146 Å². The maximum Gasteiger partial charge on any atom is 0.415 e. The van der Waals surface area contributed by atoms with Crippen LogP contribution in [0.15, 0.2) is 6.07 Å². The lowest BCUT2D eigenvalue weighted by molar-refractivity contribution is -0.117. The molecule has 4 rings (SSSR count). The number of benzene rings is 1. The van der Waals surface area contributed by atoms with Crippen molar-refractivity contribution >= 4 is 39.7 Å². The highest BCUT2D eigenvalue weighted by molar-refractivity contribution is 7.92. The Kier molecular flexibility index (Phi) is 8.11. The number of nitrogens with zero attached hydrogens (tertiary/aromatic N) is 3. The molecule has 1 saturated carbocycles. The van der Waals surface area contributed by atoms with Crippen LogP contribution in [0.5, 0.6) is 5.75 Å². The molecule has 3 aliphatic rings. The first-order chi connectivity index (χ1) is 18.9. The Balaban J connectivity index is 1.74. The van der Waals surface area contributed by atoms with Crippen molar-refractivity contribution in [1.29, 1.82) is 0 Å². The van der Waals surface area contributed by atoms with Crippen LogP contribution in [0.25, 0.3) is 0 Å². The third kappa shape index (κ3) is 6.79. The summed E-state index contributed by atoms with van der Waals surface area (Å²) in [5, 5.41) is 10.8. The molecule has 2 aliphatic heterocycles. The number of hydrogen-bond acceptors (Lipinski definition) is 8. The predicted molar refractivity (Wildman–Crippen MR) is 148 cm³/mol. The van der Waals surface area contributed by atoms with E-state index in [1.54, 1.807) is 46.3 Å². The van der Waals surface area contributed by atoms with Crippen molar-refractivity contribution in [1.82, 2.24) is 9.62 Å². The molecule has 1 aromatic rings. The van der Waals surface area contributed by atoms with E-state index in [4.69, 9.17) is 9.47 Å². The molecular weight excluding hydrogens is 559 g/mol. The monoisotopic (exact) mass is 598 g/mol. The molecular formula is C27H39FN4O8S. The van der Waals surface area contributed by atoms with E-state index in [0.717, 1.165) is 31.7 Å². The first kappa shape index (κ1) is 30.7. The first-order valence-electron chi connectivity index (χ1n) is 13.7. The van der Waals surface area contributed by atoms with Gasteiger partial charge in [-0.1, -0.05) is 12.8 Å². The normalized spacial score (nSPS) is 20.7. The number of rotatable bonds is 5. The summed E-state index contributed by atoms with van der Waals surface area (Å²) in [4.78, 5) is 41.3. The van der Waals surface area contributed by atoms with E-state index >= 15 is 4.39 Å². The molecule has 0 spiro atoms. The van der Waals surface area contributed by atoms with Crippen LogP contribution in [0, 0.1) is 11.7 Å². The van der Waals surface area contributed by atoms with Gasteiger partial charge in [0.05, 0.1) is 11.7 Å². The van der Waals surface area contributed by atoms with Gasteiger partial charge in [-0.05, 0) is 60.3 Å². The number of aromatic hydroxyl groups is 1. The van der Waals surface area contributed by atoms with Crippen LogP contribution in [-0.2, 0) is 30.9 Å². The predicted octanol–water partition coefficient (Wildman–Crippen LogP) is 3.81. The SMILES string of the molecule is CC(C)(C)OC(=O)N(CC1CCCC1)C[C@H]1Cc2c(cc(O)c(N3CC(=O)NS3(=O)=O)c2F)N1C(=O)OC(C)(C)C. The zero-order chi connectivity index (χ0) is 30.5. The molecule has 0 radical (unpaired) electrons. The molecule has 0 bridgehead atoms. The molecule has 2 fully saturated rings. The number of amides is 3. The number of phenols is 1. The minimum Gasteiger partial charge on any atom is -0.506 e. The molecule has 228 valence electrons. The molecule has 1 atom stereocenters. The average Bonchev–Trinajstić information content (AvgIpc) is 3.49. The Morgan fingerprint density at radius 2 is 1.71 bits per heavy atom. The maximum atomic E-state index is 16.1. The number of carbonyl (C=O) groups is 3. The van der Waals surface area contributed by atoms with Gasteiger partial charge >= 0.3 is 22.4 Å². The highest BCUT2D eigenvalue weighted by atomic mass is 32.2. The van der Waals surface area contributed by atoms with Crippen molar-refractivity contribution in [3.63, 3.8) is 0 Å². The first-order valence-corrected chi connectivity index (χ1v) is 15.2. The van der Waals surface area contributed by atoms with Crippen LogP contribution in [0.3, 0.4) is 0 Å². The molecule has 14 heteroatoms. The van der Waals surface area contributed by atoms with Gasteiger partial charge in [-0.25, -0.2) is 23.0 Å². The number of anilines is 2. The smallest absolute Gasteiger partial charge is 0.415 e. The largest absolute Gasteiger partial charge is 0.506 e. The van der Waals surface area contributed by atoms with Gasteiger partial charge in [0.25, 0.3) is 5.91 Å². The molecule has 3 amide bonds. The summed E-state index contributed by atoms with van der Waals surface area (Å²) in [5.74, 6) is -2.49. The van der Waals surface area contributed by atoms with Gasteiger partial charge in [0.1, 0.15) is 29.2 Å². The zero-order valence-corrected chi connectivity index (χ0v) is 25.1. The zero-order valence-electron chi connectivity index (χ0n) is 24.3. The van der Waals surface area contributed by atoms with E-state index in [2.05, 4.69) is 0 Å². The number of carbonyl (C=O) groups excluding carboxylic acids is 3. The summed E-state index contributed by atoms with van der Waals surface area (Å²) in [6, 6.07) is 0.276. The third-order valence-electron chi connectivity index (χ3n) is 7.06. The molecule has 1 saturated heterocycles.